The van der Waals surface area contributed by atoms with Crippen molar-refractivity contribution in [2.45, 2.75) is 50.7 Å². The molecule has 0 aromatic carbocycles. The molecule has 2 heterocycles. The van der Waals surface area contributed by atoms with Gasteiger partial charge >= 0.3 is 5.97 Å². The molecule has 0 amide bonds. The highest BCUT2D eigenvalue weighted by atomic mass is 32.2. The number of unbranched alkanes of at least 4 members (excludes halogenated alkanes) is 1. The van der Waals surface area contributed by atoms with Gasteiger partial charge in [-0.1, -0.05) is 26.7 Å². The lowest BCUT2D eigenvalue weighted by atomic mass is 9.85. The molecule has 2 fully saturated rings. The minimum Gasteiger partial charge on any atom is -0.466 e. The second-order valence-electron chi connectivity index (χ2n) is 6.63. The van der Waals surface area contributed by atoms with Gasteiger partial charge in [-0.15, -0.1) is 11.8 Å². The zero-order chi connectivity index (χ0) is 18.4. The maximum Gasteiger partial charge on any atom is 0.312 e. The van der Waals surface area contributed by atoms with Crippen LogP contribution in [0.4, 0.5) is 0 Å². The van der Waals surface area contributed by atoms with Gasteiger partial charge in [-0.3, -0.25) is 10.2 Å². The Morgan fingerprint density at radius 1 is 1.44 bits per heavy atom. The third kappa shape index (κ3) is 5.68. The zero-order valence-corrected chi connectivity index (χ0v) is 17.2. The van der Waals surface area contributed by atoms with Crippen molar-refractivity contribution in [1.82, 2.24) is 26.2 Å². The van der Waals surface area contributed by atoms with Crippen LogP contribution in [0.25, 0.3) is 0 Å². The van der Waals surface area contributed by atoms with Gasteiger partial charge in [0.05, 0.1) is 31.2 Å². The second kappa shape index (κ2) is 9.91. The molecule has 7 nitrogen and oxygen atoms in total. The molecular formula is C16H31N5O2S2. The molecule has 0 spiro atoms. The Labute approximate surface area is 160 Å². The van der Waals surface area contributed by atoms with Crippen molar-refractivity contribution in [2.75, 3.05) is 27.0 Å². The summed E-state index contributed by atoms with van der Waals surface area (Å²) in [6, 6.07) is 0. The molecule has 2 saturated heterocycles. The Morgan fingerprint density at radius 2 is 2.20 bits per heavy atom. The van der Waals surface area contributed by atoms with E-state index in [1.54, 1.807) is 11.8 Å². The average molecular weight is 390 g/mol. The highest BCUT2D eigenvalue weighted by Gasteiger charge is 2.46. The smallest absolute Gasteiger partial charge is 0.312 e. The summed E-state index contributed by atoms with van der Waals surface area (Å²) in [6.07, 6.45) is 3.32. The number of thiocarbonyl (C=S) groups is 1. The number of rotatable bonds is 7. The van der Waals surface area contributed by atoms with E-state index in [4.69, 9.17) is 17.0 Å². The van der Waals surface area contributed by atoms with E-state index in [0.29, 0.717) is 29.6 Å². The van der Waals surface area contributed by atoms with Crippen LogP contribution in [-0.2, 0) is 9.53 Å². The summed E-state index contributed by atoms with van der Waals surface area (Å²) < 4.78 is 5.36. The molecule has 0 radical (unpaired) electrons. The summed E-state index contributed by atoms with van der Waals surface area (Å²) in [7, 11) is 1.97. The lowest BCUT2D eigenvalue weighted by molar-refractivity contribution is -0.149. The van der Waals surface area contributed by atoms with Crippen molar-refractivity contribution in [3.8, 4) is 0 Å². The molecule has 0 aromatic heterocycles. The number of hydrogen-bond donors (Lipinski definition) is 3. The van der Waals surface area contributed by atoms with Gasteiger partial charge in [0.15, 0.2) is 5.11 Å². The number of nitrogens with one attached hydrogen (secondary N) is 3. The van der Waals surface area contributed by atoms with Crippen molar-refractivity contribution < 1.29 is 9.53 Å². The monoisotopic (exact) mass is 389 g/mol. The van der Waals surface area contributed by atoms with E-state index in [2.05, 4.69) is 30.0 Å². The highest BCUT2D eigenvalue weighted by Crippen LogP contribution is 2.44. The number of carbonyl (C=O) groups excluding carboxylic acids is 1. The number of thioether (sulfide) groups is 1. The fraction of sp³-hybridized carbons (Fsp3) is 0.875. The van der Waals surface area contributed by atoms with Gasteiger partial charge in [0.1, 0.15) is 0 Å². The Kier molecular flexibility index (Phi) is 8.21. The van der Waals surface area contributed by atoms with Gasteiger partial charge in [0.25, 0.3) is 0 Å². The van der Waals surface area contributed by atoms with Crippen molar-refractivity contribution in [2.24, 2.45) is 11.8 Å². The maximum atomic E-state index is 12.6. The van der Waals surface area contributed by atoms with Crippen molar-refractivity contribution >= 4 is 35.1 Å². The first-order valence-electron chi connectivity index (χ1n) is 9.05. The third-order valence-corrected chi connectivity index (χ3v) is 6.34. The fourth-order valence-electron chi connectivity index (χ4n) is 3.39. The molecule has 4 unspecified atom stereocenters. The van der Waals surface area contributed by atoms with Gasteiger partial charge in [-0.25, -0.2) is 10.4 Å². The molecule has 2 aliphatic heterocycles. The fourth-order valence-corrected chi connectivity index (χ4v) is 5.36. The van der Waals surface area contributed by atoms with Gasteiger partial charge in [0.2, 0.25) is 0 Å². The van der Waals surface area contributed by atoms with Crippen LogP contribution in [0.3, 0.4) is 0 Å². The second-order valence-corrected chi connectivity index (χ2v) is 8.56. The van der Waals surface area contributed by atoms with Crippen LogP contribution < -0.4 is 16.2 Å². The molecule has 2 rings (SSSR count). The third-order valence-electron chi connectivity index (χ3n) is 4.65. The summed E-state index contributed by atoms with van der Waals surface area (Å²) in [6.45, 7) is 8.08. The first kappa shape index (κ1) is 20.7. The SMILES string of the molecule is CCCCC1C(C)SC(NC(=S)NN2CNN(C)C2)C1C(=O)OCC. The molecular weight excluding hydrogens is 358 g/mol. The number of esters is 1. The Balaban J connectivity index is 1.98. The van der Waals surface area contributed by atoms with E-state index in [0.717, 1.165) is 25.9 Å². The van der Waals surface area contributed by atoms with Crippen LogP contribution >= 0.6 is 24.0 Å². The van der Waals surface area contributed by atoms with E-state index in [9.17, 15) is 4.79 Å². The normalized spacial score (nSPS) is 30.4. The largest absolute Gasteiger partial charge is 0.466 e. The molecule has 4 atom stereocenters. The molecule has 25 heavy (non-hydrogen) atoms. The molecule has 9 heteroatoms. The maximum absolute atomic E-state index is 12.6. The Bertz CT molecular complexity index is 468. The zero-order valence-electron chi connectivity index (χ0n) is 15.6. The molecule has 0 saturated carbocycles. The van der Waals surface area contributed by atoms with Gasteiger partial charge in [0, 0.05) is 12.3 Å². The van der Waals surface area contributed by atoms with E-state index in [1.807, 2.05) is 24.0 Å². The van der Waals surface area contributed by atoms with Crippen LogP contribution in [0.2, 0.25) is 0 Å². The van der Waals surface area contributed by atoms with Crippen LogP contribution in [0.15, 0.2) is 0 Å². The highest BCUT2D eigenvalue weighted by molar-refractivity contribution is 8.00. The summed E-state index contributed by atoms with van der Waals surface area (Å²) >= 11 is 7.25. The molecule has 0 bridgehead atoms. The lowest BCUT2D eigenvalue weighted by Gasteiger charge is -2.26. The van der Waals surface area contributed by atoms with E-state index in [1.165, 1.54) is 0 Å². The van der Waals surface area contributed by atoms with Gasteiger partial charge in [-0.05, 0) is 31.5 Å². The van der Waals surface area contributed by atoms with Crippen LogP contribution in [0.1, 0.15) is 40.0 Å². The Hall–Kier alpha value is -0.610. The van der Waals surface area contributed by atoms with Crippen molar-refractivity contribution in [3.63, 3.8) is 0 Å². The van der Waals surface area contributed by atoms with Crippen molar-refractivity contribution in [3.05, 3.63) is 0 Å². The predicted molar refractivity (Wildman–Crippen MR) is 105 cm³/mol. The quantitative estimate of drug-likeness (QED) is 0.444. The van der Waals surface area contributed by atoms with Crippen molar-refractivity contribution in [1.29, 1.82) is 0 Å². The number of ether oxygens (including phenoxy) is 1. The predicted octanol–water partition coefficient (Wildman–Crippen LogP) is 1.48. The first-order valence-corrected chi connectivity index (χ1v) is 10.4. The first-order chi connectivity index (χ1) is 12.0. The number of carbonyl (C=O) groups is 1. The minimum absolute atomic E-state index is 0.0517. The van der Waals surface area contributed by atoms with Crippen LogP contribution in [-0.4, -0.2) is 58.7 Å². The Morgan fingerprint density at radius 3 is 2.80 bits per heavy atom. The van der Waals surface area contributed by atoms with Crippen LogP contribution in [0.5, 0.6) is 0 Å². The average Bonchev–Trinajstić information content (AvgIpc) is 3.08. The topological polar surface area (TPSA) is 68.9 Å². The van der Waals surface area contributed by atoms with E-state index in [-0.39, 0.29) is 17.3 Å². The molecule has 3 N–H and O–H groups in total. The summed E-state index contributed by atoms with van der Waals surface area (Å²) in [4.78, 5) is 12.6. The molecule has 144 valence electrons. The lowest BCUT2D eigenvalue weighted by Crippen LogP contribution is -2.51. The molecule has 0 aliphatic carbocycles. The van der Waals surface area contributed by atoms with E-state index < -0.39 is 0 Å². The summed E-state index contributed by atoms with van der Waals surface area (Å²) in [5.41, 5.74) is 6.36. The van der Waals surface area contributed by atoms with Gasteiger partial charge < -0.3 is 10.1 Å². The molecule has 0 aromatic rings. The van der Waals surface area contributed by atoms with Crippen LogP contribution in [0, 0.1) is 11.8 Å². The standard InChI is InChI=1S/C16H31N5O2S2/c1-5-7-8-12-11(3)25-14(13(12)15(22)23-6-2)18-16(24)19-21-9-17-20(4)10-21/h11-14,17H,5-10H2,1-4H3,(H2,18,19,24). The van der Waals surface area contributed by atoms with Gasteiger partial charge in [-0.2, -0.15) is 5.01 Å². The summed E-state index contributed by atoms with van der Waals surface area (Å²) in [5.74, 6) is 0.0536. The number of hydrazine groups is 2. The molecule has 2 aliphatic rings. The number of hydrogen-bond acceptors (Lipinski definition) is 7. The number of nitrogens with zero attached hydrogens (tertiary/aromatic N) is 2. The summed E-state index contributed by atoms with van der Waals surface area (Å²) in [5, 5.41) is 8.20. The van der Waals surface area contributed by atoms with E-state index >= 15 is 0 Å². The minimum atomic E-state index is -0.161.